The first-order valence-corrected chi connectivity index (χ1v) is 9.45. The third-order valence-electron chi connectivity index (χ3n) is 5.00. The number of nitrogens with zero attached hydrogens (tertiary/aromatic N) is 4. The third-order valence-corrected chi connectivity index (χ3v) is 5.00. The van der Waals surface area contributed by atoms with Gasteiger partial charge in [-0.05, 0) is 68.4 Å². The number of benzene rings is 2. The van der Waals surface area contributed by atoms with Crippen LogP contribution in [0.25, 0.3) is 11.4 Å². The van der Waals surface area contributed by atoms with Gasteiger partial charge in [0.1, 0.15) is 11.9 Å². The summed E-state index contributed by atoms with van der Waals surface area (Å²) in [6.45, 7) is 1.00. The number of aromatic nitrogens is 3. The molecule has 0 fully saturated rings. The maximum absolute atomic E-state index is 13.4. The van der Waals surface area contributed by atoms with Crippen molar-refractivity contribution in [1.29, 1.82) is 0 Å². The maximum Gasteiger partial charge on any atom is 0.181 e. The van der Waals surface area contributed by atoms with Crippen LogP contribution in [0.5, 0.6) is 0 Å². The van der Waals surface area contributed by atoms with E-state index in [1.807, 2.05) is 6.07 Å². The standard InChI is InChI=1S/C22H23FN4O/c1-27(2)13-3-4-20-19-14-16(22-24-11-12-25-26-22)7-10-18(19)21(28-20)15-5-8-17(23)9-6-15/h5-12,14,20-21H,3-4,13H2,1-2H3. The molecular formula is C22H23FN4O. The molecule has 0 radical (unpaired) electrons. The minimum atomic E-state index is -0.242. The highest BCUT2D eigenvalue weighted by Gasteiger charge is 2.33. The normalized spacial score (nSPS) is 18.4. The van der Waals surface area contributed by atoms with Gasteiger partial charge in [0.05, 0.1) is 12.3 Å². The predicted octanol–water partition coefficient (Wildman–Crippen LogP) is 4.18. The van der Waals surface area contributed by atoms with Crippen molar-refractivity contribution in [3.05, 3.63) is 77.4 Å². The molecule has 2 atom stereocenters. The van der Waals surface area contributed by atoms with Crippen molar-refractivity contribution in [2.45, 2.75) is 25.0 Å². The largest absolute Gasteiger partial charge is 0.361 e. The monoisotopic (exact) mass is 378 g/mol. The first kappa shape index (κ1) is 18.7. The Hall–Kier alpha value is -2.70. The van der Waals surface area contributed by atoms with Gasteiger partial charge in [-0.2, -0.15) is 5.10 Å². The van der Waals surface area contributed by atoms with Gasteiger partial charge < -0.3 is 9.64 Å². The Morgan fingerprint density at radius 1 is 1.04 bits per heavy atom. The van der Waals surface area contributed by atoms with Crippen molar-refractivity contribution < 1.29 is 9.13 Å². The molecule has 2 aromatic carbocycles. The van der Waals surface area contributed by atoms with Crippen molar-refractivity contribution in [3.8, 4) is 11.4 Å². The van der Waals surface area contributed by atoms with Crippen molar-refractivity contribution in [2.75, 3.05) is 20.6 Å². The second-order valence-electron chi connectivity index (χ2n) is 7.31. The highest BCUT2D eigenvalue weighted by atomic mass is 19.1. The van der Waals surface area contributed by atoms with E-state index < -0.39 is 0 Å². The molecule has 0 aliphatic carbocycles. The van der Waals surface area contributed by atoms with Crippen LogP contribution in [0.4, 0.5) is 4.39 Å². The lowest BCUT2D eigenvalue weighted by molar-refractivity contribution is 0.0264. The predicted molar refractivity (Wildman–Crippen MR) is 105 cm³/mol. The van der Waals surface area contributed by atoms with Crippen LogP contribution in [0.3, 0.4) is 0 Å². The summed E-state index contributed by atoms with van der Waals surface area (Å²) in [5.41, 5.74) is 4.16. The number of rotatable bonds is 6. The quantitative estimate of drug-likeness (QED) is 0.644. The molecule has 0 bridgehead atoms. The molecule has 0 saturated heterocycles. The Morgan fingerprint density at radius 3 is 2.57 bits per heavy atom. The van der Waals surface area contributed by atoms with Crippen molar-refractivity contribution in [2.24, 2.45) is 0 Å². The van der Waals surface area contributed by atoms with Crippen molar-refractivity contribution in [3.63, 3.8) is 0 Å². The fraction of sp³-hybridized carbons (Fsp3) is 0.318. The summed E-state index contributed by atoms with van der Waals surface area (Å²) in [6, 6.07) is 12.7. The molecule has 0 saturated carbocycles. The molecule has 3 aromatic rings. The summed E-state index contributed by atoms with van der Waals surface area (Å²) in [7, 11) is 4.14. The zero-order valence-corrected chi connectivity index (χ0v) is 16.0. The van der Waals surface area contributed by atoms with E-state index in [4.69, 9.17) is 4.74 Å². The van der Waals surface area contributed by atoms with Gasteiger partial charge in [-0.3, -0.25) is 0 Å². The van der Waals surface area contributed by atoms with Crippen LogP contribution in [-0.2, 0) is 4.74 Å². The van der Waals surface area contributed by atoms with Gasteiger partial charge in [-0.15, -0.1) is 5.10 Å². The van der Waals surface area contributed by atoms with Gasteiger partial charge in [0, 0.05) is 11.8 Å². The van der Waals surface area contributed by atoms with Gasteiger partial charge >= 0.3 is 0 Å². The summed E-state index contributed by atoms with van der Waals surface area (Å²) in [5.74, 6) is 0.358. The minimum absolute atomic E-state index is 0.0124. The summed E-state index contributed by atoms with van der Waals surface area (Å²) >= 11 is 0. The van der Waals surface area contributed by atoms with E-state index in [0.717, 1.165) is 41.6 Å². The number of fused-ring (bicyclic) bond motifs is 1. The lowest BCUT2D eigenvalue weighted by Crippen LogP contribution is -2.14. The highest BCUT2D eigenvalue weighted by Crippen LogP contribution is 2.45. The maximum atomic E-state index is 13.4. The number of hydrogen-bond donors (Lipinski definition) is 0. The number of ether oxygens (including phenoxy) is 1. The first-order chi connectivity index (χ1) is 13.6. The topological polar surface area (TPSA) is 51.1 Å². The third kappa shape index (κ3) is 3.93. The van der Waals surface area contributed by atoms with Gasteiger partial charge in [-0.25, -0.2) is 9.37 Å². The summed E-state index contributed by atoms with van der Waals surface area (Å²) in [5, 5.41) is 8.05. The molecule has 1 aromatic heterocycles. The molecule has 28 heavy (non-hydrogen) atoms. The van der Waals surface area contributed by atoms with Crippen LogP contribution in [-0.4, -0.2) is 40.7 Å². The molecule has 0 spiro atoms. The molecule has 0 N–H and O–H groups in total. The molecule has 6 heteroatoms. The Morgan fingerprint density at radius 2 is 1.86 bits per heavy atom. The Labute approximate surface area is 164 Å². The average molecular weight is 378 g/mol. The molecule has 5 nitrogen and oxygen atoms in total. The van der Waals surface area contributed by atoms with Crippen LogP contribution < -0.4 is 0 Å². The van der Waals surface area contributed by atoms with Crippen molar-refractivity contribution >= 4 is 0 Å². The summed E-state index contributed by atoms with van der Waals surface area (Å²) < 4.78 is 19.8. The van der Waals surface area contributed by atoms with E-state index in [2.05, 4.69) is 46.3 Å². The summed E-state index contributed by atoms with van der Waals surface area (Å²) in [6.07, 6.45) is 4.95. The van der Waals surface area contributed by atoms with Crippen LogP contribution in [0.2, 0.25) is 0 Å². The second kappa shape index (κ2) is 8.12. The van der Waals surface area contributed by atoms with Gasteiger partial charge in [0.2, 0.25) is 0 Å². The molecule has 4 rings (SSSR count). The smallest absolute Gasteiger partial charge is 0.181 e. The van der Waals surface area contributed by atoms with Crippen molar-refractivity contribution in [1.82, 2.24) is 20.1 Å². The van der Waals surface area contributed by atoms with Gasteiger partial charge in [-0.1, -0.05) is 24.3 Å². The average Bonchev–Trinajstić information content (AvgIpc) is 3.07. The van der Waals surface area contributed by atoms with Crippen LogP contribution >= 0.6 is 0 Å². The minimum Gasteiger partial charge on any atom is -0.361 e. The molecule has 144 valence electrons. The zero-order valence-electron chi connectivity index (χ0n) is 16.0. The SMILES string of the molecule is CN(C)CCCC1OC(c2ccc(F)cc2)c2ccc(-c3nccnn3)cc21. The van der Waals surface area contributed by atoms with E-state index >= 15 is 0 Å². The van der Waals surface area contributed by atoms with E-state index in [-0.39, 0.29) is 18.0 Å². The zero-order chi connectivity index (χ0) is 19.5. The lowest BCUT2D eigenvalue weighted by atomic mass is 9.94. The van der Waals surface area contributed by atoms with E-state index in [9.17, 15) is 4.39 Å². The molecule has 1 aliphatic heterocycles. The molecule has 1 aliphatic rings. The molecular weight excluding hydrogens is 355 g/mol. The number of hydrogen-bond acceptors (Lipinski definition) is 5. The second-order valence-corrected chi connectivity index (χ2v) is 7.31. The Balaban J connectivity index is 1.68. The molecule has 2 unspecified atom stereocenters. The van der Waals surface area contributed by atoms with Gasteiger partial charge in [0.25, 0.3) is 0 Å². The molecule has 0 amide bonds. The highest BCUT2D eigenvalue weighted by molar-refractivity contribution is 5.59. The lowest BCUT2D eigenvalue weighted by Gasteiger charge is -2.16. The van der Waals surface area contributed by atoms with E-state index in [0.29, 0.717) is 5.82 Å². The summed E-state index contributed by atoms with van der Waals surface area (Å²) in [4.78, 5) is 6.48. The van der Waals surface area contributed by atoms with E-state index in [1.165, 1.54) is 12.1 Å². The first-order valence-electron chi connectivity index (χ1n) is 9.45. The van der Waals surface area contributed by atoms with Crippen LogP contribution in [0.1, 0.15) is 41.7 Å². The number of halogens is 1. The van der Waals surface area contributed by atoms with Crippen LogP contribution in [0, 0.1) is 5.82 Å². The Bertz CT molecular complexity index is 931. The van der Waals surface area contributed by atoms with Gasteiger partial charge in [0.15, 0.2) is 5.82 Å². The fourth-order valence-electron chi connectivity index (χ4n) is 3.63. The Kier molecular flexibility index (Phi) is 5.41. The van der Waals surface area contributed by atoms with Crippen LogP contribution in [0.15, 0.2) is 54.9 Å². The fourth-order valence-corrected chi connectivity index (χ4v) is 3.63. The van der Waals surface area contributed by atoms with E-state index in [1.54, 1.807) is 24.5 Å². The molecule has 2 heterocycles.